The highest BCUT2D eigenvalue weighted by Gasteiger charge is 2.13. The highest BCUT2D eigenvalue weighted by molar-refractivity contribution is 5.24. The van der Waals surface area contributed by atoms with Crippen LogP contribution in [0.15, 0.2) is 6.33 Å². The van der Waals surface area contributed by atoms with Gasteiger partial charge in [0.1, 0.15) is 12.2 Å². The number of aromatic nitrogens is 5. The number of hydrogen-bond donors (Lipinski definition) is 1. The third-order valence-corrected chi connectivity index (χ3v) is 3.86. The molecule has 0 fully saturated rings. The Morgan fingerprint density at radius 3 is 2.70 bits per heavy atom. The van der Waals surface area contributed by atoms with Gasteiger partial charge in [0, 0.05) is 31.7 Å². The second-order valence-corrected chi connectivity index (χ2v) is 5.27. The van der Waals surface area contributed by atoms with Crippen LogP contribution >= 0.6 is 0 Å². The van der Waals surface area contributed by atoms with Crippen LogP contribution in [0.3, 0.4) is 0 Å². The van der Waals surface area contributed by atoms with Gasteiger partial charge in [0.25, 0.3) is 0 Å². The van der Waals surface area contributed by atoms with Gasteiger partial charge in [0.05, 0.1) is 5.69 Å². The third kappa shape index (κ3) is 3.07. The van der Waals surface area contributed by atoms with Crippen molar-refractivity contribution in [2.45, 2.75) is 52.6 Å². The van der Waals surface area contributed by atoms with Gasteiger partial charge in [-0.05, 0) is 39.2 Å². The Balaban J connectivity index is 1.94. The zero-order valence-corrected chi connectivity index (χ0v) is 12.8. The molecule has 0 saturated heterocycles. The fourth-order valence-electron chi connectivity index (χ4n) is 2.56. The molecule has 2 heterocycles. The molecule has 0 amide bonds. The third-order valence-electron chi connectivity index (χ3n) is 3.86. The van der Waals surface area contributed by atoms with Gasteiger partial charge < -0.3 is 5.73 Å². The first kappa shape index (κ1) is 14.7. The van der Waals surface area contributed by atoms with E-state index in [4.69, 9.17) is 5.73 Å². The summed E-state index contributed by atoms with van der Waals surface area (Å²) in [6, 6.07) is 0.100. The quantitative estimate of drug-likeness (QED) is 0.859. The molecule has 2 aromatic rings. The van der Waals surface area contributed by atoms with Gasteiger partial charge in [-0.25, -0.2) is 4.98 Å². The molecule has 0 bridgehead atoms. The molecule has 2 rings (SSSR count). The van der Waals surface area contributed by atoms with Gasteiger partial charge >= 0.3 is 0 Å². The average molecular weight is 276 g/mol. The number of hydrogen-bond acceptors (Lipinski definition) is 4. The monoisotopic (exact) mass is 276 g/mol. The maximum atomic E-state index is 6.23. The maximum Gasteiger partial charge on any atom is 0.138 e. The lowest BCUT2D eigenvalue weighted by atomic mass is 10.0. The standard InChI is InChI=1S/C14H24N6/c1-5-20-14(16-9-17-20)8-12(15)6-7-13-10(2)18-19(4)11(13)3/h9,12H,5-8,15H2,1-4H3. The minimum atomic E-state index is 0.100. The zero-order chi connectivity index (χ0) is 14.7. The number of nitrogens with two attached hydrogens (primary N) is 1. The van der Waals surface area contributed by atoms with Crippen molar-refractivity contribution in [1.29, 1.82) is 0 Å². The lowest BCUT2D eigenvalue weighted by Crippen LogP contribution is -2.25. The first-order valence-corrected chi connectivity index (χ1v) is 7.14. The van der Waals surface area contributed by atoms with E-state index in [1.807, 2.05) is 16.4 Å². The van der Waals surface area contributed by atoms with Crippen molar-refractivity contribution in [2.24, 2.45) is 12.8 Å². The Hall–Kier alpha value is -1.69. The van der Waals surface area contributed by atoms with Crippen LogP contribution in [0.5, 0.6) is 0 Å². The van der Waals surface area contributed by atoms with Crippen LogP contribution in [-0.4, -0.2) is 30.6 Å². The average Bonchev–Trinajstić information content (AvgIpc) is 2.94. The molecule has 6 heteroatoms. The molecule has 0 spiro atoms. The number of rotatable bonds is 6. The molecule has 0 aliphatic carbocycles. The predicted octanol–water partition coefficient (Wildman–Crippen LogP) is 1.15. The molecule has 1 unspecified atom stereocenters. The van der Waals surface area contributed by atoms with Crippen molar-refractivity contribution in [3.63, 3.8) is 0 Å². The second-order valence-electron chi connectivity index (χ2n) is 5.27. The van der Waals surface area contributed by atoms with E-state index < -0.39 is 0 Å². The molecular weight excluding hydrogens is 252 g/mol. The highest BCUT2D eigenvalue weighted by Crippen LogP contribution is 2.15. The van der Waals surface area contributed by atoms with E-state index >= 15 is 0 Å². The molecule has 2 aromatic heterocycles. The van der Waals surface area contributed by atoms with Gasteiger partial charge in [0.15, 0.2) is 0 Å². The van der Waals surface area contributed by atoms with Crippen molar-refractivity contribution >= 4 is 0 Å². The van der Waals surface area contributed by atoms with Crippen molar-refractivity contribution < 1.29 is 0 Å². The summed E-state index contributed by atoms with van der Waals surface area (Å²) in [7, 11) is 1.98. The lowest BCUT2D eigenvalue weighted by Gasteiger charge is -2.11. The molecule has 0 saturated carbocycles. The van der Waals surface area contributed by atoms with Crippen LogP contribution < -0.4 is 5.73 Å². The normalized spacial score (nSPS) is 12.8. The fraction of sp³-hybridized carbons (Fsp3) is 0.643. The van der Waals surface area contributed by atoms with Gasteiger partial charge in [-0.1, -0.05) is 0 Å². The van der Waals surface area contributed by atoms with Crippen LogP contribution in [0.4, 0.5) is 0 Å². The van der Waals surface area contributed by atoms with E-state index in [-0.39, 0.29) is 6.04 Å². The largest absolute Gasteiger partial charge is 0.327 e. The summed E-state index contributed by atoms with van der Waals surface area (Å²) in [6.07, 6.45) is 4.27. The topological polar surface area (TPSA) is 74.6 Å². The predicted molar refractivity (Wildman–Crippen MR) is 78.4 cm³/mol. The molecule has 0 radical (unpaired) electrons. The Labute approximate surface area is 120 Å². The smallest absolute Gasteiger partial charge is 0.138 e. The molecule has 110 valence electrons. The van der Waals surface area contributed by atoms with Crippen LogP contribution in [-0.2, 0) is 26.4 Å². The molecular formula is C14H24N6. The zero-order valence-electron chi connectivity index (χ0n) is 12.8. The molecule has 20 heavy (non-hydrogen) atoms. The van der Waals surface area contributed by atoms with Gasteiger partial charge in [-0.2, -0.15) is 10.2 Å². The Bertz CT molecular complexity index is 568. The summed E-state index contributed by atoms with van der Waals surface area (Å²) in [5.74, 6) is 0.972. The van der Waals surface area contributed by atoms with E-state index in [0.717, 1.165) is 37.3 Å². The van der Waals surface area contributed by atoms with Gasteiger partial charge in [-0.3, -0.25) is 9.36 Å². The SMILES string of the molecule is CCn1ncnc1CC(N)CCc1c(C)nn(C)c1C. The number of nitrogens with zero attached hydrogens (tertiary/aromatic N) is 5. The fourth-order valence-corrected chi connectivity index (χ4v) is 2.56. The highest BCUT2D eigenvalue weighted by atomic mass is 15.3. The minimum absolute atomic E-state index is 0.100. The Kier molecular flexibility index (Phi) is 4.54. The summed E-state index contributed by atoms with van der Waals surface area (Å²) >= 11 is 0. The van der Waals surface area contributed by atoms with Crippen molar-refractivity contribution in [3.8, 4) is 0 Å². The van der Waals surface area contributed by atoms with Crippen LogP contribution in [0.25, 0.3) is 0 Å². The van der Waals surface area contributed by atoms with Crippen LogP contribution in [0.1, 0.15) is 36.1 Å². The molecule has 0 aromatic carbocycles. The summed E-state index contributed by atoms with van der Waals surface area (Å²) in [5, 5.41) is 8.62. The van der Waals surface area contributed by atoms with Gasteiger partial charge in [0.2, 0.25) is 0 Å². The van der Waals surface area contributed by atoms with E-state index in [9.17, 15) is 0 Å². The molecule has 1 atom stereocenters. The summed E-state index contributed by atoms with van der Waals surface area (Å²) in [4.78, 5) is 4.28. The molecule has 6 nitrogen and oxygen atoms in total. The van der Waals surface area contributed by atoms with Gasteiger partial charge in [-0.15, -0.1) is 0 Å². The van der Waals surface area contributed by atoms with E-state index in [2.05, 4.69) is 36.0 Å². The van der Waals surface area contributed by atoms with E-state index in [1.54, 1.807) is 6.33 Å². The first-order valence-electron chi connectivity index (χ1n) is 7.14. The van der Waals surface area contributed by atoms with Crippen LogP contribution in [0, 0.1) is 13.8 Å². The van der Waals surface area contributed by atoms with E-state index in [0.29, 0.717) is 0 Å². The summed E-state index contributed by atoms with van der Waals surface area (Å²) in [6.45, 7) is 7.06. The Morgan fingerprint density at radius 1 is 1.35 bits per heavy atom. The molecule has 0 aliphatic rings. The van der Waals surface area contributed by atoms with Crippen molar-refractivity contribution in [3.05, 3.63) is 29.1 Å². The minimum Gasteiger partial charge on any atom is -0.327 e. The maximum absolute atomic E-state index is 6.23. The Morgan fingerprint density at radius 2 is 2.10 bits per heavy atom. The first-order chi connectivity index (χ1) is 9.52. The molecule has 2 N–H and O–H groups in total. The summed E-state index contributed by atoms with van der Waals surface area (Å²) < 4.78 is 3.84. The lowest BCUT2D eigenvalue weighted by molar-refractivity contribution is 0.546. The van der Waals surface area contributed by atoms with E-state index in [1.165, 1.54) is 11.3 Å². The van der Waals surface area contributed by atoms with Crippen LogP contribution in [0.2, 0.25) is 0 Å². The molecule has 0 aliphatic heterocycles. The van der Waals surface area contributed by atoms with Crippen molar-refractivity contribution in [1.82, 2.24) is 24.5 Å². The number of aryl methyl sites for hydroxylation is 3. The summed E-state index contributed by atoms with van der Waals surface area (Å²) in [5.41, 5.74) is 9.89. The van der Waals surface area contributed by atoms with Crippen molar-refractivity contribution in [2.75, 3.05) is 0 Å². The second kappa shape index (κ2) is 6.17.